The summed E-state index contributed by atoms with van der Waals surface area (Å²) >= 11 is 0. The minimum Gasteiger partial charge on any atom is -0.489 e. The summed E-state index contributed by atoms with van der Waals surface area (Å²) < 4.78 is 11.7. The van der Waals surface area contributed by atoms with Crippen LogP contribution in [0.5, 0.6) is 5.75 Å². The van der Waals surface area contributed by atoms with Crippen molar-refractivity contribution in [1.82, 2.24) is 14.9 Å². The average molecular weight is 323 g/mol. The van der Waals surface area contributed by atoms with E-state index >= 15 is 0 Å². The number of hydrogen-bond donors (Lipinski definition) is 0. The van der Waals surface area contributed by atoms with Crippen LogP contribution in [0.2, 0.25) is 0 Å². The smallest absolute Gasteiger partial charge is 0.158 e. The number of benzene rings is 1. The van der Waals surface area contributed by atoms with Gasteiger partial charge in [0.25, 0.3) is 0 Å². The average Bonchev–Trinajstić information content (AvgIpc) is 2.62. The number of rotatable bonds is 3. The van der Waals surface area contributed by atoms with Crippen molar-refractivity contribution in [1.29, 1.82) is 0 Å². The number of hydrogen-bond acceptors (Lipinski definition) is 5. The minimum atomic E-state index is -0.0592. The Morgan fingerprint density at radius 3 is 3.08 bits per heavy atom. The van der Waals surface area contributed by atoms with Crippen molar-refractivity contribution in [2.45, 2.75) is 13.0 Å². The maximum atomic E-state index is 5.88. The zero-order valence-electron chi connectivity index (χ0n) is 13.8. The van der Waals surface area contributed by atoms with Gasteiger partial charge in [-0.25, -0.2) is 9.97 Å². The third-order valence-corrected chi connectivity index (χ3v) is 4.37. The van der Waals surface area contributed by atoms with Crippen LogP contribution in [-0.2, 0) is 4.74 Å². The lowest BCUT2D eigenvalue weighted by Crippen LogP contribution is -2.40. The summed E-state index contributed by atoms with van der Waals surface area (Å²) in [5.74, 6) is 1.74. The fraction of sp³-hybridized carbons (Fsp3) is 0.368. The standard InChI is InChI=1S/C19H21N3O2/c1-14-6-7-20-19(21-14)18-12-22(8-9-23-18)11-15-10-16-4-2-3-5-17(16)24-13-15/h2-7,10,18H,8-9,11-13H2,1H3/t18-/m1/s1. The minimum absolute atomic E-state index is 0.0592. The monoisotopic (exact) mass is 323 g/mol. The molecule has 0 radical (unpaired) electrons. The fourth-order valence-electron chi connectivity index (χ4n) is 3.17. The van der Waals surface area contributed by atoms with E-state index in [1.807, 2.05) is 31.2 Å². The molecule has 1 aromatic heterocycles. The molecule has 2 aromatic rings. The molecule has 3 heterocycles. The number of nitrogens with zero attached hydrogens (tertiary/aromatic N) is 3. The number of para-hydroxylation sites is 1. The second kappa shape index (κ2) is 6.71. The third-order valence-electron chi connectivity index (χ3n) is 4.37. The molecule has 0 saturated carbocycles. The van der Waals surface area contributed by atoms with Crippen LogP contribution in [0.25, 0.3) is 6.08 Å². The first kappa shape index (κ1) is 15.3. The normalized spacial score (nSPS) is 20.9. The van der Waals surface area contributed by atoms with Crippen molar-refractivity contribution >= 4 is 6.08 Å². The largest absolute Gasteiger partial charge is 0.489 e. The predicted molar refractivity (Wildman–Crippen MR) is 91.8 cm³/mol. The van der Waals surface area contributed by atoms with E-state index < -0.39 is 0 Å². The maximum Gasteiger partial charge on any atom is 0.158 e. The number of ether oxygens (including phenoxy) is 2. The van der Waals surface area contributed by atoms with E-state index in [1.54, 1.807) is 6.20 Å². The fourth-order valence-corrected chi connectivity index (χ4v) is 3.17. The van der Waals surface area contributed by atoms with Gasteiger partial charge in [-0.1, -0.05) is 18.2 Å². The van der Waals surface area contributed by atoms with Crippen molar-refractivity contribution < 1.29 is 9.47 Å². The molecular formula is C19H21N3O2. The first-order valence-corrected chi connectivity index (χ1v) is 8.33. The van der Waals surface area contributed by atoms with Gasteiger partial charge >= 0.3 is 0 Å². The Morgan fingerprint density at radius 2 is 2.17 bits per heavy atom. The molecule has 5 heteroatoms. The number of aryl methyl sites for hydroxylation is 1. The Balaban J connectivity index is 1.45. The Morgan fingerprint density at radius 1 is 1.25 bits per heavy atom. The zero-order chi connectivity index (χ0) is 16.4. The van der Waals surface area contributed by atoms with Crippen LogP contribution in [0.3, 0.4) is 0 Å². The van der Waals surface area contributed by atoms with Crippen LogP contribution in [0.4, 0.5) is 0 Å². The van der Waals surface area contributed by atoms with Crippen molar-refractivity contribution in [3.63, 3.8) is 0 Å². The van der Waals surface area contributed by atoms with Gasteiger partial charge < -0.3 is 9.47 Å². The van der Waals surface area contributed by atoms with Crippen LogP contribution in [0, 0.1) is 6.92 Å². The van der Waals surface area contributed by atoms with E-state index in [2.05, 4.69) is 27.0 Å². The first-order valence-electron chi connectivity index (χ1n) is 8.33. The second-order valence-electron chi connectivity index (χ2n) is 6.28. The maximum absolute atomic E-state index is 5.88. The zero-order valence-corrected chi connectivity index (χ0v) is 13.8. The lowest BCUT2D eigenvalue weighted by Gasteiger charge is -2.33. The molecule has 2 aliphatic rings. The van der Waals surface area contributed by atoms with E-state index in [0.717, 1.165) is 42.5 Å². The van der Waals surface area contributed by atoms with E-state index in [1.165, 1.54) is 5.57 Å². The highest BCUT2D eigenvalue weighted by molar-refractivity contribution is 5.62. The summed E-state index contributed by atoms with van der Waals surface area (Å²) in [6, 6.07) is 10.1. The van der Waals surface area contributed by atoms with Crippen molar-refractivity contribution in [2.75, 3.05) is 32.8 Å². The molecule has 0 aliphatic carbocycles. The Kier molecular flexibility index (Phi) is 4.28. The molecule has 5 nitrogen and oxygen atoms in total. The summed E-state index contributed by atoms with van der Waals surface area (Å²) in [6.07, 6.45) is 3.98. The number of morpholine rings is 1. The van der Waals surface area contributed by atoms with Gasteiger partial charge in [0, 0.05) is 37.1 Å². The molecular weight excluding hydrogens is 302 g/mol. The highest BCUT2D eigenvalue weighted by atomic mass is 16.5. The van der Waals surface area contributed by atoms with E-state index in [0.29, 0.717) is 13.2 Å². The van der Waals surface area contributed by atoms with Crippen LogP contribution in [0.1, 0.15) is 23.2 Å². The number of fused-ring (bicyclic) bond motifs is 1. The highest BCUT2D eigenvalue weighted by Crippen LogP contribution is 2.27. The summed E-state index contributed by atoms with van der Waals surface area (Å²) in [5.41, 5.74) is 3.42. The molecule has 0 amide bonds. The SMILES string of the molecule is Cc1ccnc([C@H]2CN(CC3=Cc4ccccc4OC3)CCO2)n1. The molecule has 0 N–H and O–H groups in total. The summed E-state index contributed by atoms with van der Waals surface area (Å²) in [4.78, 5) is 11.3. The second-order valence-corrected chi connectivity index (χ2v) is 6.28. The molecule has 24 heavy (non-hydrogen) atoms. The first-order chi connectivity index (χ1) is 11.8. The van der Waals surface area contributed by atoms with Crippen LogP contribution >= 0.6 is 0 Å². The quantitative estimate of drug-likeness (QED) is 0.869. The Bertz CT molecular complexity index is 760. The molecule has 1 aromatic carbocycles. The molecule has 124 valence electrons. The van der Waals surface area contributed by atoms with Crippen LogP contribution < -0.4 is 4.74 Å². The summed E-state index contributed by atoms with van der Waals surface area (Å²) in [7, 11) is 0. The summed E-state index contributed by atoms with van der Waals surface area (Å²) in [5, 5.41) is 0. The van der Waals surface area contributed by atoms with Crippen molar-refractivity contribution in [2.24, 2.45) is 0 Å². The third kappa shape index (κ3) is 3.32. The Labute approximate surface area is 141 Å². The van der Waals surface area contributed by atoms with E-state index in [4.69, 9.17) is 9.47 Å². The number of aromatic nitrogens is 2. The molecule has 1 fully saturated rings. The van der Waals surface area contributed by atoms with Gasteiger partial charge in [0.2, 0.25) is 0 Å². The Hall–Kier alpha value is -2.24. The van der Waals surface area contributed by atoms with Gasteiger partial charge in [-0.15, -0.1) is 0 Å². The molecule has 0 bridgehead atoms. The lowest BCUT2D eigenvalue weighted by molar-refractivity contribution is -0.0318. The molecule has 2 aliphatic heterocycles. The van der Waals surface area contributed by atoms with E-state index in [-0.39, 0.29) is 6.10 Å². The molecule has 4 rings (SSSR count). The predicted octanol–water partition coefficient (Wildman–Crippen LogP) is 2.63. The van der Waals surface area contributed by atoms with Crippen LogP contribution in [0.15, 0.2) is 42.1 Å². The van der Waals surface area contributed by atoms with Crippen LogP contribution in [-0.4, -0.2) is 47.7 Å². The van der Waals surface area contributed by atoms with Crippen molar-refractivity contribution in [3.05, 3.63) is 59.2 Å². The van der Waals surface area contributed by atoms with Gasteiger partial charge in [-0.05, 0) is 30.7 Å². The topological polar surface area (TPSA) is 47.5 Å². The lowest BCUT2D eigenvalue weighted by atomic mass is 10.1. The van der Waals surface area contributed by atoms with Gasteiger partial charge in [-0.2, -0.15) is 0 Å². The summed E-state index contributed by atoms with van der Waals surface area (Å²) in [6.45, 7) is 5.95. The molecule has 1 atom stereocenters. The molecule has 0 unspecified atom stereocenters. The van der Waals surface area contributed by atoms with Gasteiger partial charge in [0.1, 0.15) is 18.5 Å². The van der Waals surface area contributed by atoms with Gasteiger partial charge in [0.05, 0.1) is 6.61 Å². The van der Waals surface area contributed by atoms with Gasteiger partial charge in [0.15, 0.2) is 5.82 Å². The van der Waals surface area contributed by atoms with Gasteiger partial charge in [-0.3, -0.25) is 4.90 Å². The van der Waals surface area contributed by atoms with Crippen molar-refractivity contribution in [3.8, 4) is 5.75 Å². The van der Waals surface area contributed by atoms with E-state index in [9.17, 15) is 0 Å². The molecule has 1 saturated heterocycles. The highest BCUT2D eigenvalue weighted by Gasteiger charge is 2.25. The molecule has 0 spiro atoms.